The van der Waals surface area contributed by atoms with Crippen LogP contribution in [0, 0.1) is 5.92 Å². The van der Waals surface area contributed by atoms with E-state index < -0.39 is 0 Å². The molecule has 0 fully saturated rings. The van der Waals surface area contributed by atoms with Gasteiger partial charge in [-0.05, 0) is 50.5 Å². The molecule has 8 heteroatoms. The third-order valence-electron chi connectivity index (χ3n) is 4.21. The lowest BCUT2D eigenvalue weighted by molar-refractivity contribution is 0.0266. The van der Waals surface area contributed by atoms with Gasteiger partial charge in [-0.15, -0.1) is 24.0 Å². The highest BCUT2D eigenvalue weighted by Crippen LogP contribution is 2.11. The molecule has 0 radical (unpaired) electrons. The lowest BCUT2D eigenvalue weighted by atomic mass is 10.0. The lowest BCUT2D eigenvalue weighted by Gasteiger charge is -2.20. The normalized spacial score (nSPS) is 12.1. The average Bonchev–Trinajstić information content (AvgIpc) is 2.70. The van der Waals surface area contributed by atoms with E-state index in [9.17, 15) is 4.79 Å². The van der Waals surface area contributed by atoms with Crippen LogP contribution in [0.2, 0.25) is 0 Å². The molecule has 1 unspecified atom stereocenters. The van der Waals surface area contributed by atoms with Crippen molar-refractivity contribution < 1.29 is 14.3 Å². The van der Waals surface area contributed by atoms with Crippen molar-refractivity contribution in [2.75, 3.05) is 39.9 Å². The summed E-state index contributed by atoms with van der Waals surface area (Å²) in [6, 6.07) is 7.04. The molecule has 0 saturated heterocycles. The average molecular weight is 520 g/mol. The van der Waals surface area contributed by atoms with E-state index in [1.165, 1.54) is 0 Å². The number of nitrogens with one attached hydrogen (secondary N) is 3. The fourth-order valence-corrected chi connectivity index (χ4v) is 2.67. The Labute approximate surface area is 192 Å². The minimum atomic E-state index is -0.108. The Morgan fingerprint density at radius 1 is 1.07 bits per heavy atom. The van der Waals surface area contributed by atoms with E-state index >= 15 is 0 Å². The van der Waals surface area contributed by atoms with Crippen molar-refractivity contribution in [2.45, 2.75) is 40.2 Å². The van der Waals surface area contributed by atoms with Gasteiger partial charge in [-0.1, -0.05) is 13.8 Å². The third kappa shape index (κ3) is 11.3. The Bertz CT molecular complexity index is 594. The van der Waals surface area contributed by atoms with Crippen LogP contribution >= 0.6 is 24.0 Å². The molecule has 0 saturated carbocycles. The SMILES string of the molecule is CCNC(=NCCC(OCC)C(C)C)NCCNC(=O)c1ccc(OC)cc1.I. The van der Waals surface area contributed by atoms with Gasteiger partial charge in [-0.25, -0.2) is 0 Å². The second-order valence-electron chi connectivity index (χ2n) is 6.70. The number of halogens is 1. The predicted molar refractivity (Wildman–Crippen MR) is 130 cm³/mol. The lowest BCUT2D eigenvalue weighted by Crippen LogP contribution is -2.41. The molecule has 1 atom stereocenters. The van der Waals surface area contributed by atoms with Crippen LogP contribution < -0.4 is 20.7 Å². The van der Waals surface area contributed by atoms with Crippen molar-refractivity contribution in [1.82, 2.24) is 16.0 Å². The number of benzene rings is 1. The molecule has 1 rings (SSSR count). The van der Waals surface area contributed by atoms with Gasteiger partial charge in [-0.3, -0.25) is 9.79 Å². The van der Waals surface area contributed by atoms with Crippen molar-refractivity contribution in [3.8, 4) is 5.75 Å². The fraction of sp³-hybridized carbons (Fsp3) is 0.619. The van der Waals surface area contributed by atoms with E-state index in [1.807, 2.05) is 13.8 Å². The van der Waals surface area contributed by atoms with Gasteiger partial charge in [0.05, 0.1) is 13.2 Å². The molecule has 0 aromatic heterocycles. The summed E-state index contributed by atoms with van der Waals surface area (Å²) < 4.78 is 10.9. The Balaban J connectivity index is 0.00000784. The summed E-state index contributed by atoms with van der Waals surface area (Å²) in [7, 11) is 1.60. The Morgan fingerprint density at radius 2 is 1.72 bits per heavy atom. The maximum atomic E-state index is 12.1. The number of hydrogen-bond donors (Lipinski definition) is 3. The van der Waals surface area contributed by atoms with Gasteiger partial charge in [0.15, 0.2) is 5.96 Å². The largest absolute Gasteiger partial charge is 0.497 e. The zero-order valence-corrected chi connectivity index (χ0v) is 20.6. The maximum Gasteiger partial charge on any atom is 0.251 e. The van der Waals surface area contributed by atoms with Gasteiger partial charge < -0.3 is 25.4 Å². The minimum Gasteiger partial charge on any atom is -0.497 e. The number of carbonyl (C=O) groups is 1. The highest BCUT2D eigenvalue weighted by atomic mass is 127. The number of guanidine groups is 1. The molecule has 0 spiro atoms. The molecule has 0 aliphatic heterocycles. The van der Waals surface area contributed by atoms with Gasteiger partial charge in [0.1, 0.15) is 5.75 Å². The molecule has 1 aromatic carbocycles. The Kier molecular flexibility index (Phi) is 15.4. The first-order valence-electron chi connectivity index (χ1n) is 10.1. The topological polar surface area (TPSA) is 84.0 Å². The highest BCUT2D eigenvalue weighted by Gasteiger charge is 2.12. The molecule has 29 heavy (non-hydrogen) atoms. The first-order chi connectivity index (χ1) is 13.5. The summed E-state index contributed by atoms with van der Waals surface area (Å²) in [6.07, 6.45) is 1.11. The van der Waals surface area contributed by atoms with Crippen molar-refractivity contribution in [3.63, 3.8) is 0 Å². The smallest absolute Gasteiger partial charge is 0.251 e. The highest BCUT2D eigenvalue weighted by molar-refractivity contribution is 14.0. The van der Waals surface area contributed by atoms with Gasteiger partial charge in [0.25, 0.3) is 5.91 Å². The van der Waals surface area contributed by atoms with Crippen LogP contribution in [0.5, 0.6) is 5.75 Å². The van der Waals surface area contributed by atoms with Crippen LogP contribution in [0.25, 0.3) is 0 Å². The molecule has 7 nitrogen and oxygen atoms in total. The summed E-state index contributed by atoms with van der Waals surface area (Å²) >= 11 is 0. The molecule has 1 aromatic rings. The van der Waals surface area contributed by atoms with Crippen molar-refractivity contribution in [3.05, 3.63) is 29.8 Å². The van der Waals surface area contributed by atoms with Gasteiger partial charge in [-0.2, -0.15) is 0 Å². The number of hydrogen-bond acceptors (Lipinski definition) is 4. The zero-order valence-electron chi connectivity index (χ0n) is 18.3. The first kappa shape index (κ1) is 27.5. The number of methoxy groups -OCH3 is 1. The molecule has 3 N–H and O–H groups in total. The van der Waals surface area contributed by atoms with Gasteiger partial charge in [0, 0.05) is 38.3 Å². The standard InChI is InChI=1S/C21H36N4O3.HI/c1-6-22-21(24-13-12-19(16(3)4)28-7-2)25-15-14-23-20(26)17-8-10-18(27-5)11-9-17;/h8-11,16,19H,6-7,12-15H2,1-5H3,(H,23,26)(H2,22,24,25);1H. The van der Waals surface area contributed by atoms with E-state index in [2.05, 4.69) is 34.8 Å². The van der Waals surface area contributed by atoms with Gasteiger partial charge >= 0.3 is 0 Å². The van der Waals surface area contributed by atoms with Crippen LogP contribution in [0.4, 0.5) is 0 Å². The molecular formula is C21H37IN4O3. The first-order valence-corrected chi connectivity index (χ1v) is 10.1. The molecule has 0 heterocycles. The summed E-state index contributed by atoms with van der Waals surface area (Å²) in [6.45, 7) is 11.7. The Morgan fingerprint density at radius 3 is 2.28 bits per heavy atom. The summed E-state index contributed by atoms with van der Waals surface area (Å²) in [5.74, 6) is 1.84. The van der Waals surface area contributed by atoms with Crippen molar-refractivity contribution >= 4 is 35.8 Å². The van der Waals surface area contributed by atoms with Crippen molar-refractivity contribution in [1.29, 1.82) is 0 Å². The second kappa shape index (κ2) is 16.3. The number of aliphatic imine (C=N–C) groups is 1. The maximum absolute atomic E-state index is 12.1. The minimum absolute atomic E-state index is 0. The van der Waals surface area contributed by atoms with Crippen molar-refractivity contribution in [2.24, 2.45) is 10.9 Å². The van der Waals surface area contributed by atoms with Crippen LogP contribution in [0.3, 0.4) is 0 Å². The molecule has 0 aliphatic carbocycles. The molecule has 166 valence electrons. The third-order valence-corrected chi connectivity index (χ3v) is 4.21. The van der Waals surface area contributed by atoms with Crippen LogP contribution in [-0.4, -0.2) is 57.9 Å². The second-order valence-corrected chi connectivity index (χ2v) is 6.70. The van der Waals surface area contributed by atoms with E-state index in [-0.39, 0.29) is 36.0 Å². The van der Waals surface area contributed by atoms with E-state index in [0.29, 0.717) is 31.1 Å². The van der Waals surface area contributed by atoms with E-state index in [1.54, 1.807) is 31.4 Å². The molecular weight excluding hydrogens is 483 g/mol. The summed E-state index contributed by atoms with van der Waals surface area (Å²) in [5.41, 5.74) is 0.608. The zero-order chi connectivity index (χ0) is 20.8. The summed E-state index contributed by atoms with van der Waals surface area (Å²) in [4.78, 5) is 16.7. The quantitative estimate of drug-likeness (QED) is 0.171. The number of ether oxygens (including phenoxy) is 2. The molecule has 0 bridgehead atoms. The van der Waals surface area contributed by atoms with Crippen LogP contribution in [-0.2, 0) is 4.74 Å². The predicted octanol–water partition coefficient (Wildman–Crippen LogP) is 3.05. The van der Waals surface area contributed by atoms with Gasteiger partial charge in [0.2, 0.25) is 0 Å². The fourth-order valence-electron chi connectivity index (χ4n) is 2.67. The van der Waals surface area contributed by atoms with Crippen LogP contribution in [0.1, 0.15) is 44.5 Å². The number of amides is 1. The van der Waals surface area contributed by atoms with Crippen LogP contribution in [0.15, 0.2) is 29.3 Å². The monoisotopic (exact) mass is 520 g/mol. The summed E-state index contributed by atoms with van der Waals surface area (Å²) in [5, 5.41) is 9.36. The number of carbonyl (C=O) groups excluding carboxylic acids is 1. The number of rotatable bonds is 12. The van der Waals surface area contributed by atoms with E-state index in [4.69, 9.17) is 9.47 Å². The Hall–Kier alpha value is -1.55. The molecule has 1 amide bonds. The van der Waals surface area contributed by atoms with E-state index in [0.717, 1.165) is 31.3 Å². The molecule has 0 aliphatic rings. The number of nitrogens with zero attached hydrogens (tertiary/aromatic N) is 1.